The van der Waals surface area contributed by atoms with Crippen LogP contribution in [0.5, 0.6) is 0 Å². The molecule has 1 aromatic rings. The van der Waals surface area contributed by atoms with Crippen LogP contribution in [0.1, 0.15) is 36.2 Å². The molecule has 0 aliphatic rings. The zero-order valence-electron chi connectivity index (χ0n) is 12.1. The average Bonchev–Trinajstić information content (AvgIpc) is 2.36. The number of carbonyl (C=O) groups is 2. The number of nitro groups is 1. The Labute approximate surface area is 122 Å². The van der Waals surface area contributed by atoms with E-state index in [1.807, 2.05) is 0 Å². The maximum absolute atomic E-state index is 12.2. The molecule has 1 rings (SSSR count). The van der Waals surface area contributed by atoms with Crippen LogP contribution >= 0.6 is 0 Å². The molecule has 114 valence electrons. The highest BCUT2D eigenvalue weighted by Gasteiger charge is 2.23. The number of carbonyl (C=O) groups excluding carboxylic acids is 1. The Balaban J connectivity index is 3.00. The molecule has 0 aliphatic heterocycles. The van der Waals surface area contributed by atoms with Gasteiger partial charge >= 0.3 is 5.97 Å². The van der Waals surface area contributed by atoms with Crippen molar-refractivity contribution in [2.75, 3.05) is 0 Å². The summed E-state index contributed by atoms with van der Waals surface area (Å²) in [6, 6.07) is 3.70. The van der Waals surface area contributed by atoms with Gasteiger partial charge in [0, 0.05) is 23.2 Å². The molecule has 0 spiro atoms. The number of hydrogen-bond acceptors (Lipinski definition) is 4. The molecule has 0 radical (unpaired) electrons. The minimum absolute atomic E-state index is 0.0657. The van der Waals surface area contributed by atoms with E-state index in [0.29, 0.717) is 0 Å². The third-order valence-electron chi connectivity index (χ3n) is 3.26. The minimum Gasteiger partial charge on any atom is -0.481 e. The molecular weight excluding hydrogens is 276 g/mol. The number of rotatable bonds is 6. The Morgan fingerprint density at radius 2 is 2.00 bits per heavy atom. The lowest BCUT2D eigenvalue weighted by Gasteiger charge is -2.21. The van der Waals surface area contributed by atoms with Crippen LogP contribution in [0.15, 0.2) is 18.2 Å². The second-order valence-corrected chi connectivity index (χ2v) is 5.13. The quantitative estimate of drug-likeness (QED) is 0.617. The van der Waals surface area contributed by atoms with Gasteiger partial charge < -0.3 is 10.4 Å². The fraction of sp³-hybridized carbons (Fsp3) is 0.429. The highest BCUT2D eigenvalue weighted by molar-refractivity contribution is 5.97. The van der Waals surface area contributed by atoms with Gasteiger partial charge in [-0.1, -0.05) is 19.9 Å². The number of aliphatic carboxylic acids is 1. The third-order valence-corrected chi connectivity index (χ3v) is 3.26. The summed E-state index contributed by atoms with van der Waals surface area (Å²) in [6.07, 6.45) is -0.197. The van der Waals surface area contributed by atoms with E-state index in [1.165, 1.54) is 25.1 Å². The van der Waals surface area contributed by atoms with Crippen molar-refractivity contribution in [3.05, 3.63) is 39.4 Å². The molecule has 0 saturated heterocycles. The second kappa shape index (κ2) is 6.83. The van der Waals surface area contributed by atoms with E-state index < -0.39 is 22.8 Å². The normalized spacial score (nSPS) is 12.0. The van der Waals surface area contributed by atoms with Crippen LogP contribution in [0.2, 0.25) is 0 Å². The lowest BCUT2D eigenvalue weighted by Crippen LogP contribution is -2.40. The average molecular weight is 294 g/mol. The Morgan fingerprint density at radius 3 is 2.48 bits per heavy atom. The van der Waals surface area contributed by atoms with E-state index >= 15 is 0 Å². The van der Waals surface area contributed by atoms with E-state index in [1.54, 1.807) is 13.8 Å². The molecule has 2 N–H and O–H groups in total. The van der Waals surface area contributed by atoms with Gasteiger partial charge in [0.2, 0.25) is 0 Å². The van der Waals surface area contributed by atoms with E-state index in [2.05, 4.69) is 5.32 Å². The fourth-order valence-electron chi connectivity index (χ4n) is 1.95. The van der Waals surface area contributed by atoms with Crippen molar-refractivity contribution in [1.82, 2.24) is 5.32 Å². The maximum Gasteiger partial charge on any atom is 0.305 e. The van der Waals surface area contributed by atoms with Crippen molar-refractivity contribution in [3.8, 4) is 0 Å². The maximum atomic E-state index is 12.2. The van der Waals surface area contributed by atoms with Crippen molar-refractivity contribution >= 4 is 17.6 Å². The number of nitrogens with one attached hydrogen (secondary N) is 1. The Morgan fingerprint density at radius 1 is 1.38 bits per heavy atom. The molecule has 0 bridgehead atoms. The van der Waals surface area contributed by atoms with Crippen LogP contribution in [0.3, 0.4) is 0 Å². The summed E-state index contributed by atoms with van der Waals surface area (Å²) in [5.74, 6) is -1.58. The summed E-state index contributed by atoms with van der Waals surface area (Å²) in [4.78, 5) is 33.3. The lowest BCUT2D eigenvalue weighted by atomic mass is 9.99. The first-order chi connectivity index (χ1) is 9.73. The first-order valence-corrected chi connectivity index (χ1v) is 6.50. The van der Waals surface area contributed by atoms with Crippen molar-refractivity contribution in [3.63, 3.8) is 0 Å². The van der Waals surface area contributed by atoms with Crippen LogP contribution in [0.4, 0.5) is 5.69 Å². The van der Waals surface area contributed by atoms with E-state index in [4.69, 9.17) is 5.11 Å². The van der Waals surface area contributed by atoms with Gasteiger partial charge in [0.25, 0.3) is 11.6 Å². The number of carboxylic acids is 1. The summed E-state index contributed by atoms with van der Waals surface area (Å²) in [5.41, 5.74) is 0.306. The molecule has 21 heavy (non-hydrogen) atoms. The molecule has 0 aromatic heterocycles. The zero-order valence-corrected chi connectivity index (χ0v) is 12.1. The van der Waals surface area contributed by atoms with Crippen molar-refractivity contribution in [1.29, 1.82) is 0 Å². The highest BCUT2D eigenvalue weighted by atomic mass is 16.6. The first-order valence-electron chi connectivity index (χ1n) is 6.50. The standard InChI is InChI=1S/C14H18N2O5/c1-8(2)11(7-13(17)18)15-14(19)10-5-4-6-12(9(10)3)16(20)21/h4-6,8,11H,7H2,1-3H3,(H,15,19)(H,17,18). The summed E-state index contributed by atoms with van der Waals surface area (Å²) >= 11 is 0. The second-order valence-electron chi connectivity index (χ2n) is 5.13. The Kier molecular flexibility index (Phi) is 5.40. The molecule has 7 heteroatoms. The topological polar surface area (TPSA) is 110 Å². The summed E-state index contributed by atoms with van der Waals surface area (Å²) in [5, 5.41) is 22.3. The number of benzene rings is 1. The van der Waals surface area contributed by atoms with Gasteiger partial charge in [0.1, 0.15) is 0 Å². The van der Waals surface area contributed by atoms with Crippen LogP contribution in [0.25, 0.3) is 0 Å². The Hall–Kier alpha value is -2.44. The van der Waals surface area contributed by atoms with Gasteiger partial charge in [-0.15, -0.1) is 0 Å². The molecule has 0 heterocycles. The SMILES string of the molecule is Cc1c(C(=O)NC(CC(=O)O)C(C)C)cccc1[N+](=O)[O-]. The lowest BCUT2D eigenvalue weighted by molar-refractivity contribution is -0.385. The smallest absolute Gasteiger partial charge is 0.305 e. The molecule has 0 aliphatic carbocycles. The zero-order chi connectivity index (χ0) is 16.2. The van der Waals surface area contributed by atoms with Gasteiger partial charge in [-0.05, 0) is 18.9 Å². The summed E-state index contributed by atoms with van der Waals surface area (Å²) in [7, 11) is 0. The predicted octanol–water partition coefficient (Wildman–Crippen LogP) is 2.13. The molecular formula is C14H18N2O5. The number of carboxylic acid groups (broad SMARTS) is 1. The van der Waals surface area contributed by atoms with Crippen LogP contribution in [0, 0.1) is 23.0 Å². The number of nitro benzene ring substituents is 1. The number of hydrogen-bond donors (Lipinski definition) is 2. The highest BCUT2D eigenvalue weighted by Crippen LogP contribution is 2.21. The van der Waals surface area contributed by atoms with Gasteiger partial charge in [0.05, 0.1) is 11.3 Å². The largest absolute Gasteiger partial charge is 0.481 e. The van der Waals surface area contributed by atoms with Gasteiger partial charge in [0.15, 0.2) is 0 Å². The molecule has 0 saturated carbocycles. The molecule has 0 fully saturated rings. The monoisotopic (exact) mass is 294 g/mol. The summed E-state index contributed by atoms with van der Waals surface area (Å²) < 4.78 is 0. The molecule has 7 nitrogen and oxygen atoms in total. The van der Waals surface area contributed by atoms with Crippen LogP contribution < -0.4 is 5.32 Å². The number of amides is 1. The van der Waals surface area contributed by atoms with Crippen molar-refractivity contribution in [2.45, 2.75) is 33.2 Å². The molecule has 1 atom stereocenters. The first kappa shape index (κ1) is 16.6. The van der Waals surface area contributed by atoms with Gasteiger partial charge in [-0.25, -0.2) is 0 Å². The number of nitrogens with zero attached hydrogens (tertiary/aromatic N) is 1. The minimum atomic E-state index is -1.01. The van der Waals surface area contributed by atoms with E-state index in [-0.39, 0.29) is 29.2 Å². The van der Waals surface area contributed by atoms with Crippen LogP contribution in [-0.2, 0) is 4.79 Å². The Bertz CT molecular complexity index is 568. The van der Waals surface area contributed by atoms with E-state index in [9.17, 15) is 19.7 Å². The predicted molar refractivity (Wildman–Crippen MR) is 76.2 cm³/mol. The molecule has 1 aromatic carbocycles. The molecule has 1 unspecified atom stereocenters. The molecule has 1 amide bonds. The van der Waals surface area contributed by atoms with Crippen molar-refractivity contribution in [2.24, 2.45) is 5.92 Å². The van der Waals surface area contributed by atoms with Gasteiger partial charge in [-0.2, -0.15) is 0 Å². The van der Waals surface area contributed by atoms with Crippen LogP contribution in [-0.4, -0.2) is 27.9 Å². The van der Waals surface area contributed by atoms with E-state index in [0.717, 1.165) is 0 Å². The fourth-order valence-corrected chi connectivity index (χ4v) is 1.95. The van der Waals surface area contributed by atoms with Crippen molar-refractivity contribution < 1.29 is 19.6 Å². The summed E-state index contributed by atoms with van der Waals surface area (Å²) in [6.45, 7) is 5.09. The van der Waals surface area contributed by atoms with Gasteiger partial charge in [-0.3, -0.25) is 19.7 Å². The third kappa shape index (κ3) is 4.27.